The van der Waals surface area contributed by atoms with E-state index in [0.717, 1.165) is 23.0 Å². The number of carbonyl (C=O) groups excluding carboxylic acids is 1. The summed E-state index contributed by atoms with van der Waals surface area (Å²) in [5.74, 6) is -3.04. The van der Waals surface area contributed by atoms with Crippen LogP contribution in [0.4, 0.5) is 14.5 Å². The molecule has 29 heavy (non-hydrogen) atoms. The first-order valence-electron chi connectivity index (χ1n) is 9.11. The minimum Gasteiger partial charge on any atom is -0.481 e. The van der Waals surface area contributed by atoms with Crippen LogP contribution in [0.25, 0.3) is 10.2 Å². The van der Waals surface area contributed by atoms with Gasteiger partial charge in [0.2, 0.25) is 5.91 Å². The van der Waals surface area contributed by atoms with Gasteiger partial charge in [0.1, 0.15) is 5.01 Å². The smallest absolute Gasteiger partial charge is 0.303 e. The van der Waals surface area contributed by atoms with Crippen molar-refractivity contribution in [3.63, 3.8) is 0 Å². The number of aromatic nitrogens is 1. The van der Waals surface area contributed by atoms with E-state index in [0.29, 0.717) is 22.1 Å². The van der Waals surface area contributed by atoms with Crippen molar-refractivity contribution in [1.82, 2.24) is 4.98 Å². The highest BCUT2D eigenvalue weighted by Crippen LogP contribution is 2.29. The number of carboxylic acids is 1. The summed E-state index contributed by atoms with van der Waals surface area (Å²) in [6.45, 7) is 4.15. The van der Waals surface area contributed by atoms with Crippen molar-refractivity contribution in [2.45, 2.75) is 39.2 Å². The monoisotopic (exact) mass is 418 g/mol. The van der Waals surface area contributed by atoms with Gasteiger partial charge in [0.15, 0.2) is 11.6 Å². The molecule has 1 aromatic heterocycles. The molecule has 5 nitrogen and oxygen atoms in total. The molecular formula is C21H20F2N2O3S. The van der Waals surface area contributed by atoms with Crippen molar-refractivity contribution in [1.29, 1.82) is 0 Å². The summed E-state index contributed by atoms with van der Waals surface area (Å²) >= 11 is 0.975. The van der Waals surface area contributed by atoms with Gasteiger partial charge in [-0.1, -0.05) is 26.0 Å². The molecule has 0 bridgehead atoms. The first-order chi connectivity index (χ1) is 13.8. The van der Waals surface area contributed by atoms with Gasteiger partial charge in [-0.15, -0.1) is 11.3 Å². The molecule has 0 atom stereocenters. The predicted octanol–water partition coefficient (Wildman–Crippen LogP) is 5.10. The number of thiazole rings is 1. The Bertz CT molecular complexity index is 1050. The Hall–Kier alpha value is -2.87. The van der Waals surface area contributed by atoms with Crippen molar-refractivity contribution in [3.05, 3.63) is 58.6 Å². The third-order valence-electron chi connectivity index (χ3n) is 4.51. The topological polar surface area (TPSA) is 70.5 Å². The van der Waals surface area contributed by atoms with E-state index in [-0.39, 0.29) is 30.0 Å². The Morgan fingerprint density at radius 1 is 1.10 bits per heavy atom. The maximum absolute atomic E-state index is 14.0. The zero-order valence-corrected chi connectivity index (χ0v) is 16.8. The van der Waals surface area contributed by atoms with Gasteiger partial charge in [0.25, 0.3) is 0 Å². The maximum Gasteiger partial charge on any atom is 0.303 e. The van der Waals surface area contributed by atoms with Gasteiger partial charge in [0.05, 0.1) is 23.2 Å². The SMILES string of the molecule is CC(C)c1ccc(N(Cc2nc3ccc(F)c(F)c3s2)C(=O)CCC(=O)O)cc1. The Labute approximate surface area is 170 Å². The van der Waals surface area contributed by atoms with Crippen LogP contribution in [0.3, 0.4) is 0 Å². The van der Waals surface area contributed by atoms with Crippen LogP contribution in [0.5, 0.6) is 0 Å². The van der Waals surface area contributed by atoms with Crippen LogP contribution in [0.1, 0.15) is 43.2 Å². The lowest BCUT2D eigenvalue weighted by Crippen LogP contribution is -2.30. The molecule has 1 heterocycles. The molecule has 0 saturated carbocycles. The average molecular weight is 418 g/mol. The van der Waals surface area contributed by atoms with Gasteiger partial charge in [-0.2, -0.15) is 0 Å². The van der Waals surface area contributed by atoms with Crippen LogP contribution in [-0.2, 0) is 16.1 Å². The molecule has 3 rings (SSSR count). The van der Waals surface area contributed by atoms with Crippen LogP contribution >= 0.6 is 11.3 Å². The number of halogens is 2. The molecule has 0 saturated heterocycles. The van der Waals surface area contributed by atoms with E-state index in [2.05, 4.69) is 18.8 Å². The van der Waals surface area contributed by atoms with Crippen LogP contribution in [0.15, 0.2) is 36.4 Å². The van der Waals surface area contributed by atoms with Crippen LogP contribution in [0, 0.1) is 11.6 Å². The highest BCUT2D eigenvalue weighted by atomic mass is 32.1. The van der Waals surface area contributed by atoms with Gasteiger partial charge in [-0.25, -0.2) is 13.8 Å². The standard InChI is InChI=1S/C21H20F2N2O3S/c1-12(2)13-3-5-14(6-4-13)25(18(26)9-10-19(27)28)11-17-24-16-8-7-15(22)20(23)21(16)29-17/h3-8,12H,9-11H2,1-2H3,(H,27,28). The third-order valence-corrected chi connectivity index (χ3v) is 5.56. The van der Waals surface area contributed by atoms with Crippen molar-refractivity contribution < 1.29 is 23.5 Å². The summed E-state index contributed by atoms with van der Waals surface area (Å²) in [6, 6.07) is 9.81. The number of amides is 1. The number of hydrogen-bond acceptors (Lipinski definition) is 4. The van der Waals surface area contributed by atoms with Crippen molar-refractivity contribution in [2.75, 3.05) is 4.90 Å². The van der Waals surface area contributed by atoms with Crippen molar-refractivity contribution in [2.24, 2.45) is 0 Å². The normalized spacial score (nSPS) is 11.2. The first kappa shape index (κ1) is 20.9. The molecule has 0 spiro atoms. The molecule has 0 aliphatic rings. The highest BCUT2D eigenvalue weighted by Gasteiger charge is 2.20. The Morgan fingerprint density at radius 3 is 2.41 bits per heavy atom. The van der Waals surface area contributed by atoms with Crippen LogP contribution in [0.2, 0.25) is 0 Å². The second-order valence-corrected chi connectivity index (χ2v) is 8.02. The summed E-state index contributed by atoms with van der Waals surface area (Å²) in [7, 11) is 0. The average Bonchev–Trinajstić information content (AvgIpc) is 3.11. The Kier molecular flexibility index (Phi) is 6.22. The summed E-state index contributed by atoms with van der Waals surface area (Å²) in [5.41, 5.74) is 2.01. The molecule has 0 aliphatic heterocycles. The molecule has 8 heteroatoms. The number of nitrogens with zero attached hydrogens (tertiary/aromatic N) is 2. The lowest BCUT2D eigenvalue weighted by Gasteiger charge is -2.22. The number of carbonyl (C=O) groups is 2. The van der Waals surface area contributed by atoms with Crippen molar-refractivity contribution >= 4 is 39.1 Å². The number of hydrogen-bond donors (Lipinski definition) is 1. The van der Waals surface area contributed by atoms with Gasteiger partial charge < -0.3 is 10.0 Å². The van der Waals surface area contributed by atoms with Crippen LogP contribution in [-0.4, -0.2) is 22.0 Å². The minimum atomic E-state index is -1.06. The van der Waals surface area contributed by atoms with E-state index in [1.165, 1.54) is 11.0 Å². The first-order valence-corrected chi connectivity index (χ1v) is 9.93. The number of fused-ring (bicyclic) bond motifs is 1. The molecule has 2 aromatic carbocycles. The second-order valence-electron chi connectivity index (χ2n) is 6.94. The summed E-state index contributed by atoms with van der Waals surface area (Å²) in [4.78, 5) is 29.3. The van der Waals surface area contributed by atoms with Gasteiger partial charge in [-0.05, 0) is 35.7 Å². The summed E-state index contributed by atoms with van der Waals surface area (Å²) < 4.78 is 27.6. The van der Waals surface area contributed by atoms with E-state index in [4.69, 9.17) is 5.11 Å². The quantitative estimate of drug-likeness (QED) is 0.580. The number of rotatable bonds is 7. The Balaban J connectivity index is 1.93. The zero-order valence-electron chi connectivity index (χ0n) is 16.0. The fraction of sp³-hybridized carbons (Fsp3) is 0.286. The number of benzene rings is 2. The van der Waals surface area contributed by atoms with E-state index in [1.54, 1.807) is 12.1 Å². The van der Waals surface area contributed by atoms with E-state index in [1.807, 2.05) is 12.1 Å². The fourth-order valence-electron chi connectivity index (χ4n) is 2.90. The largest absolute Gasteiger partial charge is 0.481 e. The molecule has 0 aliphatic carbocycles. The number of aliphatic carboxylic acids is 1. The van der Waals surface area contributed by atoms with E-state index in [9.17, 15) is 18.4 Å². The van der Waals surface area contributed by atoms with E-state index < -0.39 is 17.6 Å². The number of anilines is 1. The maximum atomic E-state index is 14.0. The predicted molar refractivity (Wildman–Crippen MR) is 108 cm³/mol. The lowest BCUT2D eigenvalue weighted by atomic mass is 10.0. The van der Waals surface area contributed by atoms with Crippen LogP contribution < -0.4 is 4.90 Å². The van der Waals surface area contributed by atoms with Gasteiger partial charge in [0, 0.05) is 12.1 Å². The molecule has 0 unspecified atom stereocenters. The summed E-state index contributed by atoms with van der Waals surface area (Å²) in [5, 5.41) is 9.33. The molecule has 0 radical (unpaired) electrons. The van der Waals surface area contributed by atoms with Crippen molar-refractivity contribution in [3.8, 4) is 0 Å². The number of carboxylic acid groups (broad SMARTS) is 1. The Morgan fingerprint density at radius 2 is 1.79 bits per heavy atom. The third kappa shape index (κ3) is 4.76. The van der Waals surface area contributed by atoms with Gasteiger partial charge in [-0.3, -0.25) is 9.59 Å². The molecule has 3 aromatic rings. The molecular weight excluding hydrogens is 398 g/mol. The zero-order chi connectivity index (χ0) is 21.1. The highest BCUT2D eigenvalue weighted by molar-refractivity contribution is 7.18. The minimum absolute atomic E-state index is 0.0416. The van der Waals surface area contributed by atoms with E-state index >= 15 is 0 Å². The molecule has 152 valence electrons. The summed E-state index contributed by atoms with van der Waals surface area (Å²) in [6.07, 6.45) is -0.464. The molecule has 0 fully saturated rings. The molecule has 1 N–H and O–H groups in total. The fourth-order valence-corrected chi connectivity index (χ4v) is 3.87. The van der Waals surface area contributed by atoms with Gasteiger partial charge >= 0.3 is 5.97 Å². The molecule has 1 amide bonds. The second kappa shape index (κ2) is 8.65. The lowest BCUT2D eigenvalue weighted by molar-refractivity contribution is -0.138.